The van der Waals surface area contributed by atoms with E-state index in [2.05, 4.69) is 4.90 Å². The number of nitrogens with zero attached hydrogens (tertiary/aromatic N) is 1. The van der Waals surface area contributed by atoms with Crippen LogP contribution in [0.2, 0.25) is 0 Å². The van der Waals surface area contributed by atoms with Gasteiger partial charge in [0.15, 0.2) is 0 Å². The van der Waals surface area contributed by atoms with Crippen molar-refractivity contribution in [2.24, 2.45) is 4.90 Å². The Kier molecular flexibility index (Phi) is 2.02. The predicted octanol–water partition coefficient (Wildman–Crippen LogP) is 1.14. The third-order valence-electron chi connectivity index (χ3n) is 0.970. The molecule has 0 saturated heterocycles. The van der Waals surface area contributed by atoms with Crippen molar-refractivity contribution in [1.29, 1.82) is 5.31 Å². The number of nitrogens with one attached hydrogen (secondary N) is 1. The Morgan fingerprint density at radius 1 is 1.44 bits per heavy atom. The summed E-state index contributed by atoms with van der Waals surface area (Å²) in [7, 11) is 1.04. The molecule has 0 bridgehead atoms. The standard InChI is InChI=1S/C6H6BN2/c8-7-9-6-4-2-1-3-5-6/h1-5,8H/q+1. The molecule has 0 atom stereocenters. The van der Waals surface area contributed by atoms with Crippen LogP contribution in [0.4, 0.5) is 0 Å². The third kappa shape index (κ3) is 1.68. The molecule has 42 valence electrons. The van der Waals surface area contributed by atoms with Crippen LogP contribution in [0, 0.1) is 11.7 Å². The number of allylic oxidation sites excluding steroid dienone is 4. The molecule has 0 saturated carbocycles. The van der Waals surface area contributed by atoms with Crippen LogP contribution in [-0.4, -0.2) is 12.9 Å². The van der Waals surface area contributed by atoms with Crippen molar-refractivity contribution in [3.8, 4) is 0 Å². The first-order chi connectivity index (χ1) is 4.43. The fraction of sp³-hybridized carbons (Fsp3) is 0. The van der Waals surface area contributed by atoms with E-state index in [1.54, 1.807) is 0 Å². The summed E-state index contributed by atoms with van der Waals surface area (Å²) in [6.07, 6.45) is 9.41. The molecule has 0 fully saturated rings. The fourth-order valence-corrected chi connectivity index (χ4v) is 0.589. The Morgan fingerprint density at radius 3 is 2.67 bits per heavy atom. The normalized spacial score (nSPS) is 14.4. The van der Waals surface area contributed by atoms with Crippen LogP contribution in [0.15, 0.2) is 29.2 Å². The molecule has 2 nitrogen and oxygen atoms in total. The molecule has 0 aromatic heterocycles. The summed E-state index contributed by atoms with van der Waals surface area (Å²) >= 11 is 0. The summed E-state index contributed by atoms with van der Waals surface area (Å²) in [4.78, 5) is 3.75. The van der Waals surface area contributed by atoms with E-state index in [-0.39, 0.29) is 0 Å². The van der Waals surface area contributed by atoms with Crippen LogP contribution in [0.1, 0.15) is 0 Å². The molecule has 1 N–H and O–H groups in total. The van der Waals surface area contributed by atoms with Crippen LogP contribution < -0.4 is 0 Å². The summed E-state index contributed by atoms with van der Waals surface area (Å²) in [6.45, 7) is 0. The number of hydrogen-bond donors (Lipinski definition) is 1. The van der Waals surface area contributed by atoms with Crippen molar-refractivity contribution in [3.63, 3.8) is 0 Å². The fourth-order valence-electron chi connectivity index (χ4n) is 0.589. The predicted molar refractivity (Wildman–Crippen MR) is 38.5 cm³/mol. The molecule has 0 unspecified atom stereocenters. The molecule has 0 amide bonds. The second-order valence-electron chi connectivity index (χ2n) is 1.59. The Labute approximate surface area is 54.8 Å². The SMILES string of the molecule is N=BN=C1C=C[CH+]C=C1. The molecule has 3 heteroatoms. The van der Waals surface area contributed by atoms with E-state index in [0.717, 1.165) is 12.9 Å². The second kappa shape index (κ2) is 3.02. The Morgan fingerprint density at radius 2 is 2.11 bits per heavy atom. The summed E-state index contributed by atoms with van der Waals surface area (Å²) in [5, 5.41) is 6.65. The van der Waals surface area contributed by atoms with E-state index in [4.69, 9.17) is 5.31 Å². The van der Waals surface area contributed by atoms with Gasteiger partial charge < -0.3 is 0 Å². The molecular weight excluding hydrogens is 111 g/mol. The van der Waals surface area contributed by atoms with Gasteiger partial charge in [0.05, 0.1) is 0 Å². The van der Waals surface area contributed by atoms with E-state index in [0.29, 0.717) is 0 Å². The van der Waals surface area contributed by atoms with E-state index in [9.17, 15) is 0 Å². The first kappa shape index (κ1) is 6.01. The molecule has 1 aliphatic rings. The van der Waals surface area contributed by atoms with Crippen LogP contribution in [0.3, 0.4) is 0 Å². The molecule has 0 aliphatic heterocycles. The zero-order valence-electron chi connectivity index (χ0n) is 4.91. The quantitative estimate of drug-likeness (QED) is 0.395. The van der Waals surface area contributed by atoms with Crippen LogP contribution in [0.25, 0.3) is 0 Å². The van der Waals surface area contributed by atoms with Gasteiger partial charge in [0.2, 0.25) is 0 Å². The summed E-state index contributed by atoms with van der Waals surface area (Å²) in [5.74, 6) is 0. The zero-order valence-corrected chi connectivity index (χ0v) is 4.91. The first-order valence-corrected chi connectivity index (χ1v) is 2.68. The van der Waals surface area contributed by atoms with Gasteiger partial charge in [0, 0.05) is 0 Å². The van der Waals surface area contributed by atoms with Gasteiger partial charge in [-0.05, 0) is 0 Å². The van der Waals surface area contributed by atoms with Crippen molar-refractivity contribution in [2.45, 2.75) is 0 Å². The Balaban J connectivity index is 2.69. The van der Waals surface area contributed by atoms with Gasteiger partial charge in [-0.3, -0.25) is 0 Å². The van der Waals surface area contributed by atoms with Crippen LogP contribution in [0.5, 0.6) is 0 Å². The summed E-state index contributed by atoms with van der Waals surface area (Å²) < 4.78 is 0. The van der Waals surface area contributed by atoms with E-state index in [1.807, 2.05) is 30.7 Å². The van der Waals surface area contributed by atoms with E-state index < -0.39 is 0 Å². The average molecular weight is 117 g/mol. The number of hydrogen-bond acceptors (Lipinski definition) is 1. The molecule has 0 aromatic rings. The van der Waals surface area contributed by atoms with Gasteiger partial charge in [0.1, 0.15) is 0 Å². The van der Waals surface area contributed by atoms with Gasteiger partial charge in [0.25, 0.3) is 0 Å². The molecule has 0 radical (unpaired) electrons. The monoisotopic (exact) mass is 117 g/mol. The molecule has 1 aliphatic carbocycles. The van der Waals surface area contributed by atoms with Gasteiger partial charge in [-0.15, -0.1) is 0 Å². The van der Waals surface area contributed by atoms with Crippen molar-refractivity contribution in [3.05, 3.63) is 30.7 Å². The van der Waals surface area contributed by atoms with Crippen molar-refractivity contribution < 1.29 is 0 Å². The van der Waals surface area contributed by atoms with Crippen molar-refractivity contribution in [1.82, 2.24) is 0 Å². The maximum atomic E-state index is 6.65. The van der Waals surface area contributed by atoms with Crippen LogP contribution >= 0.6 is 0 Å². The van der Waals surface area contributed by atoms with Gasteiger partial charge in [-0.25, -0.2) is 0 Å². The average Bonchev–Trinajstić information content (AvgIpc) is 1.91. The minimum atomic E-state index is 0.826. The Hall–Kier alpha value is -1.12. The second-order valence-corrected chi connectivity index (χ2v) is 1.59. The van der Waals surface area contributed by atoms with E-state index in [1.165, 1.54) is 0 Å². The third-order valence-corrected chi connectivity index (χ3v) is 0.970. The summed E-state index contributed by atoms with van der Waals surface area (Å²) in [5.41, 5.74) is 0.826. The molecule has 0 aromatic carbocycles. The van der Waals surface area contributed by atoms with Crippen LogP contribution in [-0.2, 0) is 0 Å². The van der Waals surface area contributed by atoms with E-state index >= 15 is 0 Å². The molecule has 0 heterocycles. The van der Waals surface area contributed by atoms with Gasteiger partial charge in [-0.2, -0.15) is 0 Å². The topological polar surface area (TPSA) is 36.2 Å². The van der Waals surface area contributed by atoms with Crippen molar-refractivity contribution >= 4 is 12.9 Å². The zero-order chi connectivity index (χ0) is 6.53. The van der Waals surface area contributed by atoms with Crippen molar-refractivity contribution in [2.75, 3.05) is 0 Å². The first-order valence-electron chi connectivity index (χ1n) is 2.68. The Bertz CT molecular complexity index is 177. The maximum absolute atomic E-state index is 6.65. The molecule has 9 heavy (non-hydrogen) atoms. The molecule has 1 rings (SSSR count). The van der Waals surface area contributed by atoms with Gasteiger partial charge >= 0.3 is 53.9 Å². The molecular formula is C6H6BN2+. The number of rotatable bonds is 1. The van der Waals surface area contributed by atoms with Gasteiger partial charge in [-0.1, -0.05) is 0 Å². The molecule has 0 spiro atoms. The summed E-state index contributed by atoms with van der Waals surface area (Å²) in [6, 6.07) is 0. The minimum absolute atomic E-state index is 0.826.